The molecule has 1 fully saturated rings. The number of hydrogen-bond donors (Lipinski definition) is 0. The number of hydrogen-bond acceptors (Lipinski definition) is 5. The van der Waals surface area contributed by atoms with Crippen LogP contribution in [0.3, 0.4) is 0 Å². The van der Waals surface area contributed by atoms with Gasteiger partial charge >= 0.3 is 5.97 Å². The number of esters is 1. The molecule has 1 aliphatic carbocycles. The summed E-state index contributed by atoms with van der Waals surface area (Å²) >= 11 is 6.51. The van der Waals surface area contributed by atoms with Crippen LogP contribution in [0, 0.1) is 5.92 Å². The lowest BCUT2D eigenvalue weighted by Crippen LogP contribution is -2.44. The third-order valence-electron chi connectivity index (χ3n) is 4.97. The maximum absolute atomic E-state index is 12.2. The highest BCUT2D eigenvalue weighted by Gasteiger charge is 2.47. The van der Waals surface area contributed by atoms with Gasteiger partial charge in [0.15, 0.2) is 5.06 Å². The Morgan fingerprint density at radius 2 is 2.08 bits per heavy atom. The molecular formula is C19H20ClNO4. The van der Waals surface area contributed by atoms with Crippen molar-refractivity contribution in [1.29, 1.82) is 0 Å². The van der Waals surface area contributed by atoms with E-state index >= 15 is 0 Å². The van der Waals surface area contributed by atoms with Crippen molar-refractivity contribution >= 4 is 28.5 Å². The number of nitrogens with zero attached hydrogens (tertiary/aromatic N) is 1. The number of benzene rings is 1. The topological polar surface area (TPSA) is 65.5 Å². The van der Waals surface area contributed by atoms with Crippen LogP contribution in [0.2, 0.25) is 0 Å². The zero-order valence-electron chi connectivity index (χ0n) is 14.2. The van der Waals surface area contributed by atoms with Crippen LogP contribution >= 0.6 is 11.6 Å². The molecule has 25 heavy (non-hydrogen) atoms. The summed E-state index contributed by atoms with van der Waals surface area (Å²) in [5, 5.41) is -0.130. The fourth-order valence-corrected chi connectivity index (χ4v) is 3.82. The van der Waals surface area contributed by atoms with Gasteiger partial charge in [0.25, 0.3) is 5.56 Å². The van der Waals surface area contributed by atoms with E-state index in [1.165, 1.54) is 20.3 Å². The van der Waals surface area contributed by atoms with E-state index in [1.807, 2.05) is 24.3 Å². The third kappa shape index (κ3) is 3.53. The maximum atomic E-state index is 12.2. The van der Waals surface area contributed by atoms with E-state index < -0.39 is 11.0 Å². The molecule has 1 aliphatic rings. The SMILES string of the molecule is COC(=O)C1CC(c2ccc3nc(=O)cccc3c2)CCC1(Cl)OC. The standard InChI is InChI=1S/C19H20ClNO4/c1-24-18(23)15-11-13(8-9-19(15,20)25-2)12-6-7-16-14(10-12)4-3-5-17(22)21-16/h3-7,10,13,15H,8-9,11H2,1-2H3. The molecular weight excluding hydrogens is 342 g/mol. The van der Waals surface area contributed by atoms with Crippen LogP contribution in [0.5, 0.6) is 0 Å². The zero-order valence-corrected chi connectivity index (χ0v) is 15.0. The molecule has 1 saturated carbocycles. The van der Waals surface area contributed by atoms with Gasteiger partial charge < -0.3 is 9.47 Å². The van der Waals surface area contributed by atoms with E-state index in [0.717, 1.165) is 17.4 Å². The monoisotopic (exact) mass is 361 g/mol. The minimum atomic E-state index is -1.02. The summed E-state index contributed by atoms with van der Waals surface area (Å²) in [6.45, 7) is 0. The van der Waals surface area contributed by atoms with Gasteiger partial charge in [-0.25, -0.2) is 4.98 Å². The predicted octanol–water partition coefficient (Wildman–Crippen LogP) is 3.23. The molecule has 0 radical (unpaired) electrons. The Kier molecular flexibility index (Phi) is 5.06. The second kappa shape index (κ2) is 7.10. The number of carbonyl (C=O) groups excluding carboxylic acids is 1. The van der Waals surface area contributed by atoms with Crippen LogP contribution in [0.4, 0.5) is 0 Å². The number of halogens is 1. The number of ether oxygens (including phenoxy) is 2. The molecule has 132 valence electrons. The Labute approximate surface area is 150 Å². The van der Waals surface area contributed by atoms with Crippen LogP contribution < -0.4 is 5.56 Å². The Hall–Kier alpha value is -1.98. The van der Waals surface area contributed by atoms with Crippen molar-refractivity contribution in [3.05, 3.63) is 52.3 Å². The number of rotatable bonds is 3. The van der Waals surface area contributed by atoms with E-state index in [4.69, 9.17) is 21.1 Å². The first-order valence-corrected chi connectivity index (χ1v) is 8.57. The molecule has 0 N–H and O–H groups in total. The summed E-state index contributed by atoms with van der Waals surface area (Å²) in [5.41, 5.74) is 1.48. The molecule has 2 aromatic rings. The first-order valence-electron chi connectivity index (χ1n) is 8.20. The minimum Gasteiger partial charge on any atom is -0.469 e. The molecule has 0 bridgehead atoms. The zero-order chi connectivity index (χ0) is 18.0. The Morgan fingerprint density at radius 1 is 1.28 bits per heavy atom. The summed E-state index contributed by atoms with van der Waals surface area (Å²) < 4.78 is 10.3. The Bertz CT molecular complexity index is 856. The smallest absolute Gasteiger partial charge is 0.312 e. The lowest BCUT2D eigenvalue weighted by atomic mass is 9.75. The van der Waals surface area contributed by atoms with Crippen molar-refractivity contribution in [2.45, 2.75) is 30.2 Å². The molecule has 0 saturated heterocycles. The van der Waals surface area contributed by atoms with Gasteiger partial charge in [-0.3, -0.25) is 9.59 Å². The summed E-state index contributed by atoms with van der Waals surface area (Å²) in [6.07, 6.45) is 1.91. The first kappa shape index (κ1) is 17.8. The lowest BCUT2D eigenvalue weighted by Gasteiger charge is -2.40. The summed E-state index contributed by atoms with van der Waals surface area (Å²) in [5.74, 6) is -0.726. The molecule has 0 amide bonds. The number of carbonyl (C=O) groups is 1. The van der Waals surface area contributed by atoms with Crippen LogP contribution in [-0.4, -0.2) is 30.2 Å². The van der Waals surface area contributed by atoms with Crippen LogP contribution in [0.25, 0.3) is 10.9 Å². The summed E-state index contributed by atoms with van der Waals surface area (Å²) in [6, 6.07) is 10.8. The normalized spacial score (nSPS) is 26.4. The molecule has 1 aromatic carbocycles. The van der Waals surface area contributed by atoms with Crippen LogP contribution in [0.15, 0.2) is 41.2 Å². The highest BCUT2D eigenvalue weighted by atomic mass is 35.5. The Balaban J connectivity index is 1.94. The number of alkyl halides is 1. The summed E-state index contributed by atoms with van der Waals surface area (Å²) in [7, 11) is 2.88. The van der Waals surface area contributed by atoms with Gasteiger partial charge in [-0.05, 0) is 42.9 Å². The Morgan fingerprint density at radius 3 is 2.80 bits per heavy atom. The highest BCUT2D eigenvalue weighted by molar-refractivity contribution is 6.24. The van der Waals surface area contributed by atoms with Crippen molar-refractivity contribution in [2.24, 2.45) is 5.92 Å². The molecule has 1 heterocycles. The third-order valence-corrected chi connectivity index (χ3v) is 5.57. The van der Waals surface area contributed by atoms with Gasteiger partial charge in [0.05, 0.1) is 12.6 Å². The van der Waals surface area contributed by atoms with Crippen molar-refractivity contribution in [2.75, 3.05) is 14.2 Å². The van der Waals surface area contributed by atoms with Gasteiger partial charge in [-0.15, -0.1) is 0 Å². The van der Waals surface area contributed by atoms with Crippen LogP contribution in [0.1, 0.15) is 30.7 Å². The maximum Gasteiger partial charge on any atom is 0.312 e. The lowest BCUT2D eigenvalue weighted by molar-refractivity contribution is -0.155. The second-order valence-electron chi connectivity index (χ2n) is 6.33. The first-order chi connectivity index (χ1) is 12.0. The predicted molar refractivity (Wildman–Crippen MR) is 95.7 cm³/mol. The average Bonchev–Trinajstić information content (AvgIpc) is 2.81. The molecule has 0 aliphatic heterocycles. The molecule has 3 unspecified atom stereocenters. The van der Waals surface area contributed by atoms with Crippen molar-refractivity contribution in [3.8, 4) is 0 Å². The van der Waals surface area contributed by atoms with Gasteiger partial charge in [0.1, 0.15) is 5.92 Å². The second-order valence-corrected chi connectivity index (χ2v) is 6.97. The van der Waals surface area contributed by atoms with Gasteiger partial charge in [0.2, 0.25) is 0 Å². The fraction of sp³-hybridized carbons (Fsp3) is 0.421. The molecule has 5 nitrogen and oxygen atoms in total. The largest absolute Gasteiger partial charge is 0.469 e. The van der Waals surface area contributed by atoms with Gasteiger partial charge in [-0.2, -0.15) is 0 Å². The van der Waals surface area contributed by atoms with Crippen molar-refractivity contribution in [1.82, 2.24) is 4.98 Å². The molecule has 6 heteroatoms. The van der Waals surface area contributed by atoms with Crippen LogP contribution in [-0.2, 0) is 14.3 Å². The molecule has 1 aromatic heterocycles. The number of fused-ring (bicyclic) bond motifs is 1. The fourth-order valence-electron chi connectivity index (χ4n) is 3.54. The molecule has 3 rings (SSSR count). The van der Waals surface area contributed by atoms with Crippen molar-refractivity contribution in [3.63, 3.8) is 0 Å². The van der Waals surface area contributed by atoms with E-state index in [-0.39, 0.29) is 17.4 Å². The minimum absolute atomic E-state index is 0.160. The van der Waals surface area contributed by atoms with Gasteiger partial charge in [0, 0.05) is 18.6 Å². The van der Waals surface area contributed by atoms with E-state index in [9.17, 15) is 9.59 Å². The number of aromatic nitrogens is 1. The van der Waals surface area contributed by atoms with E-state index in [0.29, 0.717) is 18.4 Å². The van der Waals surface area contributed by atoms with Gasteiger partial charge in [-0.1, -0.05) is 29.8 Å². The highest BCUT2D eigenvalue weighted by Crippen LogP contribution is 2.46. The molecule has 0 spiro atoms. The summed E-state index contributed by atoms with van der Waals surface area (Å²) in [4.78, 5) is 27.8. The van der Waals surface area contributed by atoms with E-state index in [1.54, 1.807) is 6.07 Å². The van der Waals surface area contributed by atoms with Crippen molar-refractivity contribution < 1.29 is 14.3 Å². The number of methoxy groups -OCH3 is 2. The van der Waals surface area contributed by atoms with E-state index in [2.05, 4.69) is 4.98 Å². The quantitative estimate of drug-likeness (QED) is 0.620. The average molecular weight is 362 g/mol. The molecule has 3 atom stereocenters.